The predicted octanol–water partition coefficient (Wildman–Crippen LogP) is 2.49. The minimum Gasteiger partial charge on any atom is -0.467 e. The third-order valence-electron chi connectivity index (χ3n) is 2.14. The molecule has 1 aromatic rings. The van der Waals surface area contributed by atoms with Crippen LogP contribution in [0, 0.1) is 0 Å². The van der Waals surface area contributed by atoms with Gasteiger partial charge in [0.05, 0.1) is 6.26 Å². The fraction of sp³-hybridized carbons (Fsp3) is 0.636. The molecule has 80 valence electrons. The van der Waals surface area contributed by atoms with Gasteiger partial charge < -0.3 is 14.9 Å². The maximum Gasteiger partial charge on any atom is 0.133 e. The highest BCUT2D eigenvalue weighted by Crippen LogP contribution is 2.16. The highest BCUT2D eigenvalue weighted by molar-refractivity contribution is 5.02. The van der Waals surface area contributed by atoms with Crippen molar-refractivity contribution in [3.8, 4) is 0 Å². The molecule has 0 amide bonds. The molecule has 0 aliphatic heterocycles. The van der Waals surface area contributed by atoms with Gasteiger partial charge >= 0.3 is 0 Å². The zero-order valence-corrected chi connectivity index (χ0v) is 8.74. The van der Waals surface area contributed by atoms with Crippen molar-refractivity contribution in [1.82, 2.24) is 0 Å². The van der Waals surface area contributed by atoms with Crippen LogP contribution in [0.2, 0.25) is 0 Å². The first kappa shape index (κ1) is 11.3. The van der Waals surface area contributed by atoms with Crippen LogP contribution in [0.5, 0.6) is 0 Å². The van der Waals surface area contributed by atoms with E-state index in [1.165, 1.54) is 12.8 Å². The minimum absolute atomic E-state index is 0.0816. The summed E-state index contributed by atoms with van der Waals surface area (Å²) in [6, 6.07) is 3.75. The molecule has 0 aromatic carbocycles. The fourth-order valence-corrected chi connectivity index (χ4v) is 1.32. The van der Waals surface area contributed by atoms with Gasteiger partial charge in [0, 0.05) is 13.2 Å². The van der Waals surface area contributed by atoms with E-state index in [0.29, 0.717) is 6.54 Å². The molecule has 1 atom stereocenters. The Hall–Kier alpha value is -0.800. The summed E-state index contributed by atoms with van der Waals surface area (Å²) in [4.78, 5) is 0. The van der Waals surface area contributed by atoms with Crippen LogP contribution < -0.4 is 5.73 Å². The van der Waals surface area contributed by atoms with Gasteiger partial charge in [0.2, 0.25) is 0 Å². The number of ether oxygens (including phenoxy) is 1. The molecule has 0 radical (unpaired) electrons. The second-order valence-corrected chi connectivity index (χ2v) is 3.32. The van der Waals surface area contributed by atoms with Crippen molar-refractivity contribution in [2.24, 2.45) is 5.73 Å². The van der Waals surface area contributed by atoms with Crippen molar-refractivity contribution in [2.75, 3.05) is 13.2 Å². The van der Waals surface area contributed by atoms with Crippen LogP contribution in [-0.2, 0) is 4.74 Å². The molecule has 2 N–H and O–H groups in total. The smallest absolute Gasteiger partial charge is 0.133 e. The summed E-state index contributed by atoms with van der Waals surface area (Å²) >= 11 is 0. The number of unbranched alkanes of at least 4 members (excludes halogenated alkanes) is 2. The molecule has 0 aliphatic rings. The molecule has 0 saturated carbocycles. The summed E-state index contributed by atoms with van der Waals surface area (Å²) in [5.74, 6) is 0.823. The second-order valence-electron chi connectivity index (χ2n) is 3.32. The van der Waals surface area contributed by atoms with E-state index in [2.05, 4.69) is 6.92 Å². The summed E-state index contributed by atoms with van der Waals surface area (Å²) in [6.45, 7) is 3.41. The molecule has 1 heterocycles. The second kappa shape index (κ2) is 6.62. The summed E-state index contributed by atoms with van der Waals surface area (Å²) in [5, 5.41) is 0. The van der Waals surface area contributed by atoms with E-state index < -0.39 is 0 Å². The van der Waals surface area contributed by atoms with Crippen molar-refractivity contribution >= 4 is 0 Å². The van der Waals surface area contributed by atoms with E-state index in [1.807, 2.05) is 12.1 Å². The fourth-order valence-electron chi connectivity index (χ4n) is 1.32. The van der Waals surface area contributed by atoms with Crippen molar-refractivity contribution in [3.05, 3.63) is 24.2 Å². The molecule has 0 saturated heterocycles. The molecular weight excluding hydrogens is 178 g/mol. The first-order valence-electron chi connectivity index (χ1n) is 5.23. The normalized spacial score (nSPS) is 13.0. The lowest BCUT2D eigenvalue weighted by Crippen LogP contribution is -2.15. The number of hydrogen-bond donors (Lipinski definition) is 1. The Balaban J connectivity index is 2.26. The topological polar surface area (TPSA) is 48.4 Å². The van der Waals surface area contributed by atoms with Crippen molar-refractivity contribution in [1.29, 1.82) is 0 Å². The van der Waals surface area contributed by atoms with Crippen LogP contribution in [-0.4, -0.2) is 13.2 Å². The molecule has 0 fully saturated rings. The first-order chi connectivity index (χ1) is 6.88. The van der Waals surface area contributed by atoms with Gasteiger partial charge in [-0.2, -0.15) is 0 Å². The molecular formula is C11H19NO2. The first-order valence-corrected chi connectivity index (χ1v) is 5.23. The lowest BCUT2D eigenvalue weighted by atomic mass is 10.2. The molecule has 0 aliphatic carbocycles. The molecule has 3 heteroatoms. The van der Waals surface area contributed by atoms with E-state index in [-0.39, 0.29) is 6.10 Å². The third-order valence-corrected chi connectivity index (χ3v) is 2.14. The predicted molar refractivity (Wildman–Crippen MR) is 56.0 cm³/mol. The van der Waals surface area contributed by atoms with Crippen LogP contribution in [0.15, 0.2) is 22.8 Å². The summed E-state index contributed by atoms with van der Waals surface area (Å²) in [7, 11) is 0. The van der Waals surface area contributed by atoms with Gasteiger partial charge in [-0.1, -0.05) is 19.8 Å². The Labute approximate surface area is 85.2 Å². The Bertz CT molecular complexity index is 221. The zero-order valence-electron chi connectivity index (χ0n) is 8.74. The monoisotopic (exact) mass is 197 g/mol. The van der Waals surface area contributed by atoms with Gasteiger partial charge in [-0.05, 0) is 18.6 Å². The Morgan fingerprint density at radius 2 is 2.36 bits per heavy atom. The quantitative estimate of drug-likeness (QED) is 0.683. The minimum atomic E-state index is -0.0816. The zero-order chi connectivity index (χ0) is 10.2. The number of furan rings is 1. The van der Waals surface area contributed by atoms with Crippen molar-refractivity contribution in [3.63, 3.8) is 0 Å². The Morgan fingerprint density at radius 1 is 1.50 bits per heavy atom. The molecule has 1 aromatic heterocycles. The van der Waals surface area contributed by atoms with Crippen LogP contribution in [0.1, 0.15) is 38.1 Å². The molecule has 1 unspecified atom stereocenters. The van der Waals surface area contributed by atoms with Gasteiger partial charge in [0.1, 0.15) is 11.9 Å². The van der Waals surface area contributed by atoms with Gasteiger partial charge in [0.15, 0.2) is 0 Å². The molecule has 1 rings (SSSR count). The summed E-state index contributed by atoms with van der Waals surface area (Å²) in [5.41, 5.74) is 5.59. The lowest BCUT2D eigenvalue weighted by molar-refractivity contribution is 0.0414. The highest BCUT2D eigenvalue weighted by atomic mass is 16.5. The SMILES string of the molecule is CCCCCOC(CN)c1ccco1. The average molecular weight is 197 g/mol. The number of hydrogen-bond acceptors (Lipinski definition) is 3. The highest BCUT2D eigenvalue weighted by Gasteiger charge is 2.11. The van der Waals surface area contributed by atoms with E-state index in [1.54, 1.807) is 6.26 Å². The maximum atomic E-state index is 5.62. The van der Waals surface area contributed by atoms with Crippen molar-refractivity contribution in [2.45, 2.75) is 32.3 Å². The number of nitrogens with two attached hydrogens (primary N) is 1. The van der Waals surface area contributed by atoms with Crippen LogP contribution in [0.3, 0.4) is 0 Å². The average Bonchev–Trinajstić information content (AvgIpc) is 2.71. The van der Waals surface area contributed by atoms with E-state index in [9.17, 15) is 0 Å². The summed E-state index contributed by atoms with van der Waals surface area (Å²) in [6.07, 6.45) is 5.07. The van der Waals surface area contributed by atoms with E-state index in [4.69, 9.17) is 14.9 Å². The molecule has 0 bridgehead atoms. The standard InChI is InChI=1S/C11H19NO2/c1-2-3-4-7-14-11(9-12)10-6-5-8-13-10/h5-6,8,11H,2-4,7,9,12H2,1H3. The lowest BCUT2D eigenvalue weighted by Gasteiger charge is -2.12. The van der Waals surface area contributed by atoms with Gasteiger partial charge in [0.25, 0.3) is 0 Å². The van der Waals surface area contributed by atoms with Crippen LogP contribution >= 0.6 is 0 Å². The van der Waals surface area contributed by atoms with E-state index in [0.717, 1.165) is 18.8 Å². The molecule has 0 spiro atoms. The largest absolute Gasteiger partial charge is 0.467 e. The Morgan fingerprint density at radius 3 is 2.93 bits per heavy atom. The summed E-state index contributed by atoms with van der Waals surface area (Å²) < 4.78 is 10.9. The van der Waals surface area contributed by atoms with Gasteiger partial charge in [-0.15, -0.1) is 0 Å². The number of rotatable bonds is 7. The van der Waals surface area contributed by atoms with E-state index >= 15 is 0 Å². The Kier molecular flexibility index (Phi) is 5.33. The van der Waals surface area contributed by atoms with Gasteiger partial charge in [-0.25, -0.2) is 0 Å². The molecule has 14 heavy (non-hydrogen) atoms. The van der Waals surface area contributed by atoms with Crippen molar-refractivity contribution < 1.29 is 9.15 Å². The van der Waals surface area contributed by atoms with Gasteiger partial charge in [-0.3, -0.25) is 0 Å². The molecule has 3 nitrogen and oxygen atoms in total. The van der Waals surface area contributed by atoms with Crippen LogP contribution in [0.4, 0.5) is 0 Å². The van der Waals surface area contributed by atoms with Crippen LogP contribution in [0.25, 0.3) is 0 Å². The maximum absolute atomic E-state index is 5.62. The third kappa shape index (κ3) is 3.52.